The summed E-state index contributed by atoms with van der Waals surface area (Å²) in [5.74, 6) is -0.198. The van der Waals surface area contributed by atoms with Gasteiger partial charge in [0.1, 0.15) is 10.7 Å². The van der Waals surface area contributed by atoms with Crippen LogP contribution in [0.15, 0.2) is 21.5 Å². The minimum atomic E-state index is -3.90. The molecular weight excluding hydrogens is 355 g/mol. The summed E-state index contributed by atoms with van der Waals surface area (Å²) in [4.78, 5) is -0.423. The fourth-order valence-corrected chi connectivity index (χ4v) is 4.03. The number of nitrogen functional groups attached to an aromatic ring is 1. The monoisotopic (exact) mass is 370 g/mol. The van der Waals surface area contributed by atoms with E-state index in [1.165, 1.54) is 11.8 Å². The number of anilines is 1. The highest BCUT2D eigenvalue weighted by molar-refractivity contribution is 9.10. The lowest BCUT2D eigenvalue weighted by atomic mass is 10.3. The van der Waals surface area contributed by atoms with Gasteiger partial charge in [-0.25, -0.2) is 17.5 Å². The molecule has 0 radical (unpaired) electrons. The van der Waals surface area contributed by atoms with E-state index < -0.39 is 20.7 Å². The van der Waals surface area contributed by atoms with Crippen LogP contribution in [0.5, 0.6) is 0 Å². The summed E-state index contributed by atoms with van der Waals surface area (Å²) < 4.78 is 40.8. The summed E-state index contributed by atoms with van der Waals surface area (Å²) in [5.41, 5.74) is 5.78. The van der Waals surface area contributed by atoms with Crippen LogP contribution in [-0.2, 0) is 10.0 Å². The fraction of sp³-hybridized carbons (Fsp3) is 0.455. The fourth-order valence-electron chi connectivity index (χ4n) is 1.47. The van der Waals surface area contributed by atoms with E-state index in [2.05, 4.69) is 20.7 Å². The molecule has 0 aliphatic heterocycles. The standard InChI is InChI=1S/C11H16BrFN2O2S2/c1-3-7(6-18-2)15-19(16,17)11-5-10(14)8(12)4-9(11)13/h4-5,7,15H,3,6,14H2,1-2H3. The molecule has 8 heteroatoms. The van der Waals surface area contributed by atoms with E-state index in [-0.39, 0.29) is 11.7 Å². The second-order valence-electron chi connectivity index (χ2n) is 3.99. The van der Waals surface area contributed by atoms with Crippen molar-refractivity contribution in [2.75, 3.05) is 17.7 Å². The third-order valence-electron chi connectivity index (χ3n) is 2.52. The summed E-state index contributed by atoms with van der Waals surface area (Å²) in [5, 5.41) is 0. The van der Waals surface area contributed by atoms with Gasteiger partial charge in [0.2, 0.25) is 10.0 Å². The maximum Gasteiger partial charge on any atom is 0.243 e. The van der Waals surface area contributed by atoms with Crippen molar-refractivity contribution in [3.63, 3.8) is 0 Å². The average molecular weight is 371 g/mol. The number of benzene rings is 1. The Morgan fingerprint density at radius 1 is 1.53 bits per heavy atom. The summed E-state index contributed by atoms with van der Waals surface area (Å²) in [6.07, 6.45) is 2.52. The van der Waals surface area contributed by atoms with Crippen molar-refractivity contribution in [1.29, 1.82) is 0 Å². The Hall–Kier alpha value is -0.310. The van der Waals surface area contributed by atoms with Crippen molar-refractivity contribution in [2.24, 2.45) is 0 Å². The molecule has 0 saturated heterocycles. The van der Waals surface area contributed by atoms with Gasteiger partial charge in [-0.3, -0.25) is 0 Å². The largest absolute Gasteiger partial charge is 0.398 e. The highest BCUT2D eigenvalue weighted by Crippen LogP contribution is 2.26. The number of halogens is 2. The predicted octanol–water partition coefficient (Wildman–Crippen LogP) is 2.59. The molecule has 0 spiro atoms. The predicted molar refractivity (Wildman–Crippen MR) is 81.3 cm³/mol. The molecule has 0 bridgehead atoms. The second-order valence-corrected chi connectivity index (χ2v) is 7.43. The van der Waals surface area contributed by atoms with Crippen molar-refractivity contribution in [3.05, 3.63) is 22.4 Å². The molecule has 1 unspecified atom stereocenters. The first kappa shape index (κ1) is 16.7. The number of hydrogen-bond acceptors (Lipinski definition) is 4. The second kappa shape index (κ2) is 6.92. The molecule has 0 aromatic heterocycles. The molecule has 0 amide bonds. The Labute approximate surface area is 125 Å². The molecule has 3 N–H and O–H groups in total. The van der Waals surface area contributed by atoms with Gasteiger partial charge in [0.15, 0.2) is 0 Å². The molecule has 0 aliphatic carbocycles. The summed E-state index contributed by atoms with van der Waals surface area (Å²) in [6.45, 7) is 1.87. The van der Waals surface area contributed by atoms with Gasteiger partial charge in [0, 0.05) is 22.0 Å². The molecule has 1 rings (SSSR count). The average Bonchev–Trinajstić information content (AvgIpc) is 2.32. The molecule has 0 saturated carbocycles. The van der Waals surface area contributed by atoms with Gasteiger partial charge in [-0.2, -0.15) is 11.8 Å². The van der Waals surface area contributed by atoms with Crippen LogP contribution < -0.4 is 10.5 Å². The lowest BCUT2D eigenvalue weighted by molar-refractivity contribution is 0.541. The minimum Gasteiger partial charge on any atom is -0.398 e. The van der Waals surface area contributed by atoms with Crippen molar-refractivity contribution in [3.8, 4) is 0 Å². The van der Waals surface area contributed by atoms with Crippen LogP contribution in [0.3, 0.4) is 0 Å². The number of sulfonamides is 1. The van der Waals surface area contributed by atoms with E-state index in [1.807, 2.05) is 13.2 Å². The molecule has 1 aromatic rings. The molecule has 19 heavy (non-hydrogen) atoms. The minimum absolute atomic E-state index is 0.180. The SMILES string of the molecule is CCC(CSC)NS(=O)(=O)c1cc(N)c(Br)cc1F. The van der Waals surface area contributed by atoms with E-state index >= 15 is 0 Å². The van der Waals surface area contributed by atoms with E-state index in [1.54, 1.807) is 0 Å². The Kier molecular flexibility index (Phi) is 6.10. The van der Waals surface area contributed by atoms with Crippen LogP contribution in [0.25, 0.3) is 0 Å². The van der Waals surface area contributed by atoms with E-state index in [9.17, 15) is 12.8 Å². The zero-order valence-electron chi connectivity index (χ0n) is 10.6. The van der Waals surface area contributed by atoms with Crippen LogP contribution in [0, 0.1) is 5.82 Å². The van der Waals surface area contributed by atoms with Crippen molar-refractivity contribution >= 4 is 43.4 Å². The molecule has 0 heterocycles. The maximum absolute atomic E-state index is 13.8. The van der Waals surface area contributed by atoms with Crippen molar-refractivity contribution in [1.82, 2.24) is 4.72 Å². The van der Waals surface area contributed by atoms with Crippen LogP contribution in [0.1, 0.15) is 13.3 Å². The summed E-state index contributed by atoms with van der Waals surface area (Å²) in [7, 11) is -3.90. The molecule has 1 atom stereocenters. The van der Waals surface area contributed by atoms with E-state index in [0.29, 0.717) is 16.6 Å². The Balaban J connectivity index is 3.10. The first-order valence-corrected chi connectivity index (χ1v) is 9.24. The summed E-state index contributed by atoms with van der Waals surface area (Å²) in [6, 6.07) is 1.94. The zero-order valence-corrected chi connectivity index (χ0v) is 13.8. The van der Waals surface area contributed by atoms with Crippen molar-refractivity contribution < 1.29 is 12.8 Å². The highest BCUT2D eigenvalue weighted by atomic mass is 79.9. The van der Waals surface area contributed by atoms with Crippen LogP contribution in [0.4, 0.5) is 10.1 Å². The van der Waals surface area contributed by atoms with Gasteiger partial charge in [0.05, 0.1) is 0 Å². The van der Waals surface area contributed by atoms with Gasteiger partial charge in [-0.1, -0.05) is 6.92 Å². The quantitative estimate of drug-likeness (QED) is 0.754. The highest BCUT2D eigenvalue weighted by Gasteiger charge is 2.23. The van der Waals surface area contributed by atoms with Gasteiger partial charge < -0.3 is 5.73 Å². The molecule has 0 fully saturated rings. The lowest BCUT2D eigenvalue weighted by Crippen LogP contribution is -2.36. The van der Waals surface area contributed by atoms with Gasteiger partial charge >= 0.3 is 0 Å². The third kappa shape index (κ3) is 4.34. The Bertz CT molecular complexity index is 552. The van der Waals surface area contributed by atoms with Crippen LogP contribution >= 0.6 is 27.7 Å². The summed E-state index contributed by atoms with van der Waals surface area (Å²) >= 11 is 4.58. The van der Waals surface area contributed by atoms with E-state index in [0.717, 1.165) is 12.1 Å². The molecular formula is C11H16BrFN2O2S2. The number of thioether (sulfide) groups is 1. The first-order valence-electron chi connectivity index (χ1n) is 5.57. The lowest BCUT2D eigenvalue weighted by Gasteiger charge is -2.16. The van der Waals surface area contributed by atoms with Gasteiger partial charge in [0.25, 0.3) is 0 Å². The molecule has 0 aliphatic rings. The maximum atomic E-state index is 13.8. The van der Waals surface area contributed by atoms with Crippen LogP contribution in [0.2, 0.25) is 0 Å². The Morgan fingerprint density at radius 3 is 2.68 bits per heavy atom. The molecule has 4 nitrogen and oxygen atoms in total. The molecule has 1 aromatic carbocycles. The van der Waals surface area contributed by atoms with Crippen molar-refractivity contribution in [2.45, 2.75) is 24.3 Å². The number of nitrogens with two attached hydrogens (primary N) is 1. The zero-order chi connectivity index (χ0) is 14.6. The van der Waals surface area contributed by atoms with Gasteiger partial charge in [-0.15, -0.1) is 0 Å². The van der Waals surface area contributed by atoms with E-state index in [4.69, 9.17) is 5.73 Å². The van der Waals surface area contributed by atoms with Gasteiger partial charge in [-0.05, 0) is 40.7 Å². The first-order chi connectivity index (χ1) is 8.81. The topological polar surface area (TPSA) is 72.2 Å². The number of rotatable bonds is 6. The smallest absolute Gasteiger partial charge is 0.243 e. The Morgan fingerprint density at radius 2 is 2.16 bits per heavy atom. The number of hydrogen-bond donors (Lipinski definition) is 2. The third-order valence-corrected chi connectivity index (χ3v) is 5.48. The normalized spacial score (nSPS) is 13.5. The molecule has 108 valence electrons. The van der Waals surface area contributed by atoms with Crippen LogP contribution in [-0.4, -0.2) is 26.5 Å². The number of nitrogens with one attached hydrogen (secondary N) is 1.